The van der Waals surface area contributed by atoms with E-state index in [4.69, 9.17) is 4.74 Å². The van der Waals surface area contributed by atoms with Crippen molar-refractivity contribution in [3.8, 4) is 5.75 Å². The summed E-state index contributed by atoms with van der Waals surface area (Å²) in [5.41, 5.74) is 4.87. The van der Waals surface area contributed by atoms with E-state index in [1.807, 2.05) is 79.7 Å². The number of nitrogens with zero attached hydrogens (tertiary/aromatic N) is 3. The fraction of sp³-hybridized carbons (Fsp3) is 0.207. The van der Waals surface area contributed by atoms with E-state index < -0.39 is 6.04 Å². The van der Waals surface area contributed by atoms with Gasteiger partial charge < -0.3 is 14.6 Å². The number of amides is 2. The number of hydrogen-bond donors (Lipinski definition) is 1. The number of H-pyrrole nitrogens is 1. The Morgan fingerprint density at radius 1 is 1.00 bits per heavy atom. The van der Waals surface area contributed by atoms with Crippen molar-refractivity contribution in [1.29, 1.82) is 0 Å². The van der Waals surface area contributed by atoms with Crippen LogP contribution in [0.1, 0.15) is 35.3 Å². The van der Waals surface area contributed by atoms with Crippen LogP contribution in [-0.2, 0) is 16.0 Å². The summed E-state index contributed by atoms with van der Waals surface area (Å²) < 4.78 is 5.48. The molecule has 2 amide bonds. The summed E-state index contributed by atoms with van der Waals surface area (Å²) in [5.74, 6) is 0.480. The fourth-order valence-electron chi connectivity index (χ4n) is 5.28. The van der Waals surface area contributed by atoms with Gasteiger partial charge in [0.25, 0.3) is 5.91 Å². The van der Waals surface area contributed by atoms with Gasteiger partial charge in [0.2, 0.25) is 5.91 Å². The number of hydrogen-bond acceptors (Lipinski definition) is 4. The number of benzene rings is 3. The summed E-state index contributed by atoms with van der Waals surface area (Å²) in [7, 11) is 0. The van der Waals surface area contributed by atoms with Gasteiger partial charge >= 0.3 is 0 Å². The van der Waals surface area contributed by atoms with Gasteiger partial charge in [-0.2, -0.15) is 5.10 Å². The van der Waals surface area contributed by atoms with Gasteiger partial charge in [-0.3, -0.25) is 9.59 Å². The summed E-state index contributed by atoms with van der Waals surface area (Å²) >= 11 is 0. The van der Waals surface area contributed by atoms with Crippen LogP contribution < -0.4 is 4.74 Å². The molecular formula is C29H26N4O3. The number of ether oxygens (including phenoxy) is 1. The SMILES string of the molecule is CCOc1ccc(C=NN2CC(=O)N3C(Cc4c([nH]c5ccccc45)C3c3ccccc3)C2=O)cc1. The molecule has 0 radical (unpaired) electrons. The van der Waals surface area contributed by atoms with Crippen molar-refractivity contribution in [3.05, 3.63) is 101 Å². The normalized spacial score (nSPS) is 19.6. The topological polar surface area (TPSA) is 78.0 Å². The lowest BCUT2D eigenvalue weighted by atomic mass is 9.86. The predicted molar refractivity (Wildman–Crippen MR) is 138 cm³/mol. The van der Waals surface area contributed by atoms with Gasteiger partial charge in [0, 0.05) is 23.0 Å². The summed E-state index contributed by atoms with van der Waals surface area (Å²) in [6.45, 7) is 2.43. The molecule has 0 spiro atoms. The van der Waals surface area contributed by atoms with Crippen LogP contribution >= 0.6 is 0 Å². The first-order chi connectivity index (χ1) is 17.6. The highest BCUT2D eigenvalue weighted by Gasteiger charge is 2.48. The first-order valence-electron chi connectivity index (χ1n) is 12.2. The Hall–Kier alpha value is -4.39. The average molecular weight is 479 g/mol. The van der Waals surface area contributed by atoms with Gasteiger partial charge in [-0.1, -0.05) is 48.5 Å². The van der Waals surface area contributed by atoms with Gasteiger partial charge in [0.05, 0.1) is 18.9 Å². The monoisotopic (exact) mass is 478 g/mol. The Morgan fingerprint density at radius 2 is 1.75 bits per heavy atom. The molecule has 2 aliphatic heterocycles. The molecule has 7 heteroatoms. The quantitative estimate of drug-likeness (QED) is 0.435. The van der Waals surface area contributed by atoms with E-state index in [1.54, 1.807) is 11.1 Å². The number of rotatable bonds is 5. The lowest BCUT2D eigenvalue weighted by Crippen LogP contribution is -2.61. The van der Waals surface area contributed by atoms with Crippen molar-refractivity contribution in [3.63, 3.8) is 0 Å². The van der Waals surface area contributed by atoms with E-state index in [1.165, 1.54) is 5.01 Å². The molecule has 1 N–H and O–H groups in total. The number of piperazine rings is 1. The number of carbonyl (C=O) groups excluding carboxylic acids is 2. The van der Waals surface area contributed by atoms with Crippen molar-refractivity contribution >= 4 is 28.9 Å². The summed E-state index contributed by atoms with van der Waals surface area (Å²) in [6.07, 6.45) is 2.06. The molecule has 0 aliphatic carbocycles. The highest BCUT2D eigenvalue weighted by molar-refractivity contribution is 5.98. The smallest absolute Gasteiger partial charge is 0.266 e. The van der Waals surface area contributed by atoms with Gasteiger partial charge in [0.1, 0.15) is 18.3 Å². The van der Waals surface area contributed by atoms with E-state index in [9.17, 15) is 9.59 Å². The summed E-state index contributed by atoms with van der Waals surface area (Å²) in [5, 5.41) is 6.81. The van der Waals surface area contributed by atoms with Gasteiger partial charge in [-0.25, -0.2) is 5.01 Å². The van der Waals surface area contributed by atoms with E-state index in [-0.39, 0.29) is 24.4 Å². The Bertz CT molecular complexity index is 1460. The zero-order valence-electron chi connectivity index (χ0n) is 19.9. The van der Waals surface area contributed by atoms with Gasteiger partial charge in [0.15, 0.2) is 0 Å². The molecule has 180 valence electrons. The van der Waals surface area contributed by atoms with Crippen LogP contribution in [0.15, 0.2) is 84.0 Å². The van der Waals surface area contributed by atoms with Crippen molar-refractivity contribution in [2.75, 3.05) is 13.2 Å². The first kappa shape index (κ1) is 22.1. The molecule has 4 aromatic rings. The maximum Gasteiger partial charge on any atom is 0.266 e. The first-order valence-corrected chi connectivity index (χ1v) is 12.2. The molecule has 2 atom stereocenters. The molecule has 0 bridgehead atoms. The molecule has 3 aromatic carbocycles. The Labute approximate surface area is 209 Å². The minimum absolute atomic E-state index is 0.0955. The summed E-state index contributed by atoms with van der Waals surface area (Å²) in [6, 6.07) is 24.5. The van der Waals surface area contributed by atoms with Crippen molar-refractivity contribution in [2.45, 2.75) is 25.4 Å². The number of carbonyl (C=O) groups is 2. The summed E-state index contributed by atoms with van der Waals surface area (Å²) in [4.78, 5) is 32.5. The fourth-order valence-corrected chi connectivity index (χ4v) is 5.28. The van der Waals surface area contributed by atoms with Crippen LogP contribution in [-0.4, -0.2) is 52.1 Å². The minimum Gasteiger partial charge on any atom is -0.494 e. The van der Waals surface area contributed by atoms with Crippen LogP contribution in [0.25, 0.3) is 10.9 Å². The molecule has 1 fully saturated rings. The minimum atomic E-state index is -0.624. The van der Waals surface area contributed by atoms with Gasteiger partial charge in [-0.15, -0.1) is 0 Å². The standard InChI is InChI=1S/C29H26N4O3/c1-2-36-21-14-12-19(13-15-21)17-30-32-18-26(34)33-25(29(32)35)16-23-22-10-6-7-11-24(22)31-27(23)28(33)20-8-4-3-5-9-20/h3-15,17,25,28,31H,2,16,18H2,1H3. The lowest BCUT2D eigenvalue weighted by molar-refractivity contribution is -0.158. The van der Waals surface area contributed by atoms with Gasteiger partial charge in [-0.05, 0) is 53.9 Å². The third-order valence-corrected chi connectivity index (χ3v) is 6.90. The maximum atomic E-state index is 13.7. The number of para-hydroxylation sites is 1. The Morgan fingerprint density at radius 3 is 2.53 bits per heavy atom. The third kappa shape index (κ3) is 3.73. The number of aromatic amines is 1. The molecule has 6 rings (SSSR count). The average Bonchev–Trinajstić information content (AvgIpc) is 3.28. The molecule has 0 saturated carbocycles. The molecule has 3 heterocycles. The second-order valence-corrected chi connectivity index (χ2v) is 9.04. The van der Waals surface area contributed by atoms with E-state index in [2.05, 4.69) is 16.2 Å². The van der Waals surface area contributed by atoms with Crippen LogP contribution in [0.2, 0.25) is 0 Å². The predicted octanol–water partition coefficient (Wildman–Crippen LogP) is 4.29. The lowest BCUT2D eigenvalue weighted by Gasteiger charge is -2.45. The van der Waals surface area contributed by atoms with Crippen molar-refractivity contribution in [1.82, 2.24) is 14.9 Å². The molecule has 36 heavy (non-hydrogen) atoms. The Kier molecular flexibility index (Phi) is 5.52. The zero-order valence-corrected chi connectivity index (χ0v) is 19.9. The highest BCUT2D eigenvalue weighted by Crippen LogP contribution is 2.42. The molecular weight excluding hydrogens is 452 g/mol. The van der Waals surface area contributed by atoms with Crippen LogP contribution in [0.5, 0.6) is 5.75 Å². The second kappa shape index (κ2) is 9.00. The molecule has 2 aliphatic rings. The van der Waals surface area contributed by atoms with Crippen molar-refractivity contribution < 1.29 is 14.3 Å². The van der Waals surface area contributed by atoms with E-state index in [0.29, 0.717) is 13.0 Å². The van der Waals surface area contributed by atoms with Crippen molar-refractivity contribution in [2.24, 2.45) is 5.10 Å². The maximum absolute atomic E-state index is 13.7. The number of aromatic nitrogens is 1. The largest absolute Gasteiger partial charge is 0.494 e. The third-order valence-electron chi connectivity index (χ3n) is 6.90. The van der Waals surface area contributed by atoms with Crippen LogP contribution in [0.4, 0.5) is 0 Å². The number of nitrogens with one attached hydrogen (secondary N) is 1. The van der Waals surface area contributed by atoms with Crippen LogP contribution in [0, 0.1) is 0 Å². The second-order valence-electron chi connectivity index (χ2n) is 9.04. The molecule has 1 saturated heterocycles. The number of hydrazone groups is 1. The highest BCUT2D eigenvalue weighted by atomic mass is 16.5. The van der Waals surface area contributed by atoms with E-state index in [0.717, 1.165) is 39.0 Å². The van der Waals surface area contributed by atoms with Crippen LogP contribution in [0.3, 0.4) is 0 Å². The zero-order chi connectivity index (χ0) is 24.6. The van der Waals surface area contributed by atoms with E-state index >= 15 is 0 Å². The molecule has 2 unspecified atom stereocenters. The Balaban J connectivity index is 1.36. The number of fused-ring (bicyclic) bond motifs is 4. The molecule has 1 aromatic heterocycles. The molecule has 7 nitrogen and oxygen atoms in total.